The molecule has 0 aromatic heterocycles. The minimum atomic E-state index is 0.544. The average Bonchev–Trinajstić information content (AvgIpc) is 2.73. The van der Waals surface area contributed by atoms with E-state index in [1.165, 1.54) is 24.8 Å². The van der Waals surface area contributed by atoms with E-state index in [4.69, 9.17) is 0 Å². The van der Waals surface area contributed by atoms with Gasteiger partial charge in [-0.2, -0.15) is 0 Å². The first kappa shape index (κ1) is 12.3. The van der Waals surface area contributed by atoms with Gasteiger partial charge < -0.3 is 0 Å². The van der Waals surface area contributed by atoms with Crippen LogP contribution in [0.5, 0.6) is 0 Å². The van der Waals surface area contributed by atoms with Crippen LogP contribution in [0.3, 0.4) is 0 Å². The molecule has 2 aliphatic carbocycles. The summed E-state index contributed by atoms with van der Waals surface area (Å²) in [6.45, 7) is 9.78. The third-order valence-electron chi connectivity index (χ3n) is 6.53. The fourth-order valence-corrected chi connectivity index (χ4v) is 4.72. The van der Waals surface area contributed by atoms with Gasteiger partial charge in [0, 0.05) is 0 Å². The number of rotatable bonds is 2. The van der Waals surface area contributed by atoms with Crippen LogP contribution < -0.4 is 0 Å². The van der Waals surface area contributed by atoms with Crippen LogP contribution in [0.15, 0.2) is 24.3 Å². The van der Waals surface area contributed by atoms with E-state index in [-0.39, 0.29) is 0 Å². The molecule has 0 heterocycles. The molecule has 2 bridgehead atoms. The molecule has 3 rings (SSSR count). The van der Waals surface area contributed by atoms with Gasteiger partial charge in [0.05, 0.1) is 0 Å². The van der Waals surface area contributed by atoms with Crippen molar-refractivity contribution in [1.82, 2.24) is 0 Å². The topological polar surface area (TPSA) is 0 Å². The second-order valence-electron chi connectivity index (χ2n) is 7.23. The first-order chi connectivity index (χ1) is 8.49. The number of hydrogen-bond acceptors (Lipinski definition) is 0. The van der Waals surface area contributed by atoms with Gasteiger partial charge in [-0.05, 0) is 59.5 Å². The van der Waals surface area contributed by atoms with Crippen LogP contribution >= 0.6 is 0 Å². The summed E-state index contributed by atoms with van der Waals surface area (Å²) in [6, 6.07) is 9.45. The lowest BCUT2D eigenvalue weighted by atomic mass is 9.70. The van der Waals surface area contributed by atoms with Crippen LogP contribution in [0, 0.1) is 16.7 Å². The average molecular weight is 242 g/mol. The molecule has 0 radical (unpaired) electrons. The molecule has 0 amide bonds. The molecule has 1 aromatic carbocycles. The Labute approximate surface area is 112 Å². The highest BCUT2D eigenvalue weighted by Gasteiger charge is 2.60. The quantitative estimate of drug-likeness (QED) is 0.670. The first-order valence-electron chi connectivity index (χ1n) is 7.58. The molecule has 2 aliphatic rings. The molecular weight excluding hydrogens is 216 g/mol. The highest BCUT2D eigenvalue weighted by Crippen LogP contribution is 2.70. The van der Waals surface area contributed by atoms with E-state index in [1.54, 1.807) is 5.56 Å². The van der Waals surface area contributed by atoms with Gasteiger partial charge in [0.15, 0.2) is 0 Å². The van der Waals surface area contributed by atoms with E-state index >= 15 is 0 Å². The molecule has 0 heteroatoms. The summed E-state index contributed by atoms with van der Waals surface area (Å²) in [6.07, 6.45) is 5.41. The van der Waals surface area contributed by atoms with Crippen molar-refractivity contribution in [3.05, 3.63) is 35.4 Å². The monoisotopic (exact) mass is 242 g/mol. The summed E-state index contributed by atoms with van der Waals surface area (Å²) in [7, 11) is 0. The van der Waals surface area contributed by atoms with Crippen molar-refractivity contribution >= 4 is 0 Å². The molecule has 2 saturated carbocycles. The number of aryl methyl sites for hydroxylation is 1. The largest absolute Gasteiger partial charge is 0.0614 e. The summed E-state index contributed by atoms with van der Waals surface area (Å²) >= 11 is 0. The highest BCUT2D eigenvalue weighted by atomic mass is 14.6. The second-order valence-corrected chi connectivity index (χ2v) is 7.23. The molecule has 0 nitrogen and oxygen atoms in total. The van der Waals surface area contributed by atoms with Gasteiger partial charge in [0.25, 0.3) is 0 Å². The second kappa shape index (κ2) is 3.85. The van der Waals surface area contributed by atoms with Gasteiger partial charge >= 0.3 is 0 Å². The molecule has 98 valence electrons. The van der Waals surface area contributed by atoms with Crippen LogP contribution in [0.4, 0.5) is 0 Å². The normalized spacial score (nSPS) is 42.4. The molecule has 2 fully saturated rings. The number of benzene rings is 1. The highest BCUT2D eigenvalue weighted by molar-refractivity contribution is 5.31. The van der Waals surface area contributed by atoms with Crippen LogP contribution in [0.25, 0.3) is 0 Å². The molecule has 4 unspecified atom stereocenters. The van der Waals surface area contributed by atoms with Gasteiger partial charge in [0.1, 0.15) is 0 Å². The minimum absolute atomic E-state index is 0.544. The fraction of sp³-hybridized carbons (Fsp3) is 0.667. The van der Waals surface area contributed by atoms with Crippen molar-refractivity contribution in [3.8, 4) is 0 Å². The Morgan fingerprint density at radius 1 is 1.11 bits per heavy atom. The zero-order valence-corrected chi connectivity index (χ0v) is 12.3. The Hall–Kier alpha value is -0.780. The number of fused-ring (bicyclic) bond motifs is 2. The van der Waals surface area contributed by atoms with Gasteiger partial charge in [-0.3, -0.25) is 0 Å². The van der Waals surface area contributed by atoms with E-state index in [0.717, 1.165) is 18.3 Å². The summed E-state index contributed by atoms with van der Waals surface area (Å²) in [5.41, 5.74) is 4.20. The maximum atomic E-state index is 2.54. The van der Waals surface area contributed by atoms with E-state index < -0.39 is 0 Å². The van der Waals surface area contributed by atoms with E-state index in [9.17, 15) is 0 Å². The van der Waals surface area contributed by atoms with E-state index in [0.29, 0.717) is 10.8 Å². The van der Waals surface area contributed by atoms with Crippen molar-refractivity contribution in [2.24, 2.45) is 16.7 Å². The van der Waals surface area contributed by atoms with Crippen molar-refractivity contribution in [2.75, 3.05) is 0 Å². The van der Waals surface area contributed by atoms with Crippen molar-refractivity contribution in [1.29, 1.82) is 0 Å². The zero-order chi connectivity index (χ0) is 13.0. The van der Waals surface area contributed by atoms with Gasteiger partial charge in [0.2, 0.25) is 0 Å². The van der Waals surface area contributed by atoms with Gasteiger partial charge in [-0.1, -0.05) is 52.0 Å². The van der Waals surface area contributed by atoms with E-state index in [1.807, 2.05) is 0 Å². The maximum absolute atomic E-state index is 2.54. The molecule has 4 atom stereocenters. The Morgan fingerprint density at radius 3 is 2.22 bits per heavy atom. The van der Waals surface area contributed by atoms with Crippen LogP contribution in [0.1, 0.15) is 64.0 Å². The SMILES string of the molecule is CCc1ccc(C2CC3(C)CCC2(C)C3C)cc1. The molecule has 0 saturated heterocycles. The predicted molar refractivity (Wildman–Crippen MR) is 77.8 cm³/mol. The minimum Gasteiger partial charge on any atom is -0.0614 e. The predicted octanol–water partition coefficient (Wildman–Crippen LogP) is 5.18. The Morgan fingerprint density at radius 2 is 1.78 bits per heavy atom. The van der Waals surface area contributed by atoms with Crippen LogP contribution in [-0.2, 0) is 6.42 Å². The number of hydrogen-bond donors (Lipinski definition) is 0. The Balaban J connectivity index is 1.94. The Kier molecular flexibility index (Phi) is 2.63. The van der Waals surface area contributed by atoms with Gasteiger partial charge in [-0.15, -0.1) is 0 Å². The summed E-state index contributed by atoms with van der Waals surface area (Å²) < 4.78 is 0. The van der Waals surface area contributed by atoms with Crippen LogP contribution in [-0.4, -0.2) is 0 Å². The smallest absolute Gasteiger partial charge is 0.00999 e. The zero-order valence-electron chi connectivity index (χ0n) is 12.3. The van der Waals surface area contributed by atoms with Crippen LogP contribution in [0.2, 0.25) is 0 Å². The van der Waals surface area contributed by atoms with Crippen molar-refractivity contribution in [2.45, 2.75) is 59.3 Å². The van der Waals surface area contributed by atoms with E-state index in [2.05, 4.69) is 52.0 Å². The Bertz CT molecular complexity index is 444. The summed E-state index contributed by atoms with van der Waals surface area (Å²) in [5, 5.41) is 0. The summed E-state index contributed by atoms with van der Waals surface area (Å²) in [5.74, 6) is 1.66. The van der Waals surface area contributed by atoms with Gasteiger partial charge in [-0.25, -0.2) is 0 Å². The molecule has 1 aromatic rings. The van der Waals surface area contributed by atoms with Crippen molar-refractivity contribution in [3.63, 3.8) is 0 Å². The summed E-state index contributed by atoms with van der Waals surface area (Å²) in [4.78, 5) is 0. The maximum Gasteiger partial charge on any atom is -0.00999 e. The third kappa shape index (κ3) is 1.51. The molecule has 0 aliphatic heterocycles. The van der Waals surface area contributed by atoms with Crippen molar-refractivity contribution < 1.29 is 0 Å². The fourth-order valence-electron chi connectivity index (χ4n) is 4.72. The molecule has 18 heavy (non-hydrogen) atoms. The first-order valence-corrected chi connectivity index (χ1v) is 7.58. The lowest BCUT2D eigenvalue weighted by Crippen LogP contribution is -2.23. The lowest BCUT2D eigenvalue weighted by Gasteiger charge is -2.34. The molecular formula is C18H26. The standard InChI is InChI=1S/C18H26/c1-5-14-6-8-15(9-7-14)16-12-17(3)10-11-18(16,4)13(17)2/h6-9,13,16H,5,10-12H2,1-4H3. The lowest BCUT2D eigenvalue weighted by molar-refractivity contribution is 0.226. The molecule has 0 N–H and O–H groups in total. The molecule has 0 spiro atoms. The third-order valence-corrected chi connectivity index (χ3v) is 6.53.